The van der Waals surface area contributed by atoms with E-state index >= 15 is 0 Å². The molecule has 1 aliphatic carbocycles. The number of aliphatic hydroxyl groups is 1. The summed E-state index contributed by atoms with van der Waals surface area (Å²) >= 11 is 3.48. The van der Waals surface area contributed by atoms with E-state index in [4.69, 9.17) is 0 Å². The molecule has 2 fully saturated rings. The third kappa shape index (κ3) is 1.97. The molecule has 0 radical (unpaired) electrons. The largest absolute Gasteiger partial charge is 0.393 e. The van der Waals surface area contributed by atoms with E-state index in [0.29, 0.717) is 11.8 Å². The lowest BCUT2D eigenvalue weighted by Crippen LogP contribution is -2.25. The highest BCUT2D eigenvalue weighted by molar-refractivity contribution is 9.10. The fraction of sp³-hybridized carbons (Fsp3) is 0.615. The maximum Gasteiger partial charge on any atom is 0.128 e. The van der Waals surface area contributed by atoms with Crippen molar-refractivity contribution in [2.24, 2.45) is 11.8 Å². The molecule has 4 heteroatoms. The number of rotatable bonds is 1. The van der Waals surface area contributed by atoms with Gasteiger partial charge in [-0.15, -0.1) is 0 Å². The summed E-state index contributed by atoms with van der Waals surface area (Å²) in [4.78, 5) is 6.92. The predicted molar refractivity (Wildman–Crippen MR) is 71.1 cm³/mol. The number of fused-ring (bicyclic) bond motifs is 1. The number of aliphatic hydroxyl groups excluding tert-OH is 1. The van der Waals surface area contributed by atoms with Gasteiger partial charge in [0.2, 0.25) is 0 Å². The van der Waals surface area contributed by atoms with E-state index in [2.05, 4.69) is 37.9 Å². The van der Waals surface area contributed by atoms with Crippen LogP contribution in [0.4, 0.5) is 5.82 Å². The van der Waals surface area contributed by atoms with E-state index in [-0.39, 0.29) is 6.10 Å². The number of hydrogen-bond acceptors (Lipinski definition) is 3. The van der Waals surface area contributed by atoms with Crippen molar-refractivity contribution in [1.29, 1.82) is 0 Å². The standard InChI is InChI=1S/C13H17BrN2O/c1-8-11(14)3-5-13(15-8)16-6-9-2-4-12(17)10(9)7-16/h3,5,9-10,12,17H,2,4,6-7H2,1H3. The van der Waals surface area contributed by atoms with E-state index in [0.717, 1.165) is 41.9 Å². The SMILES string of the molecule is Cc1nc(N2CC3CCC(O)C3C2)ccc1Br. The second-order valence-electron chi connectivity index (χ2n) is 5.21. The predicted octanol–water partition coefficient (Wildman–Crippen LogP) is 2.36. The lowest BCUT2D eigenvalue weighted by molar-refractivity contribution is 0.133. The van der Waals surface area contributed by atoms with Crippen LogP contribution in [0, 0.1) is 18.8 Å². The summed E-state index contributed by atoms with van der Waals surface area (Å²) in [6.07, 6.45) is 2.05. The lowest BCUT2D eigenvalue weighted by Gasteiger charge is -2.20. The Morgan fingerprint density at radius 1 is 1.35 bits per heavy atom. The van der Waals surface area contributed by atoms with Gasteiger partial charge in [0.15, 0.2) is 0 Å². The third-order valence-corrected chi connectivity index (χ3v) is 4.99. The van der Waals surface area contributed by atoms with Crippen LogP contribution in [0.2, 0.25) is 0 Å². The minimum Gasteiger partial charge on any atom is -0.393 e. The highest BCUT2D eigenvalue weighted by atomic mass is 79.9. The second kappa shape index (κ2) is 4.25. The molecular weight excluding hydrogens is 280 g/mol. The molecular formula is C13H17BrN2O. The number of anilines is 1. The minimum absolute atomic E-state index is 0.0958. The van der Waals surface area contributed by atoms with Crippen LogP contribution in [0.15, 0.2) is 16.6 Å². The fourth-order valence-electron chi connectivity index (χ4n) is 3.13. The van der Waals surface area contributed by atoms with Crippen LogP contribution in [0.25, 0.3) is 0 Å². The highest BCUT2D eigenvalue weighted by Gasteiger charge is 2.42. The van der Waals surface area contributed by atoms with Gasteiger partial charge in [0, 0.05) is 23.5 Å². The number of aryl methyl sites for hydroxylation is 1. The molecule has 0 aromatic carbocycles. The molecule has 3 rings (SSSR count). The molecule has 1 aromatic rings. The van der Waals surface area contributed by atoms with Crippen molar-refractivity contribution >= 4 is 21.7 Å². The van der Waals surface area contributed by atoms with Gasteiger partial charge in [-0.3, -0.25) is 0 Å². The quantitative estimate of drug-likeness (QED) is 0.864. The normalized spacial score (nSPS) is 31.9. The van der Waals surface area contributed by atoms with Gasteiger partial charge in [0.05, 0.1) is 11.8 Å². The Morgan fingerprint density at radius 3 is 2.88 bits per heavy atom. The van der Waals surface area contributed by atoms with Crippen LogP contribution in [0.5, 0.6) is 0 Å². The Hall–Kier alpha value is -0.610. The van der Waals surface area contributed by atoms with Gasteiger partial charge in [-0.25, -0.2) is 4.98 Å². The maximum atomic E-state index is 9.91. The summed E-state index contributed by atoms with van der Waals surface area (Å²) in [5.74, 6) is 2.17. The van der Waals surface area contributed by atoms with Gasteiger partial charge in [0.25, 0.3) is 0 Å². The van der Waals surface area contributed by atoms with Gasteiger partial charge in [-0.05, 0) is 53.7 Å². The first-order chi connectivity index (χ1) is 8.15. The topological polar surface area (TPSA) is 36.4 Å². The Bertz CT molecular complexity index is 437. The minimum atomic E-state index is -0.0958. The monoisotopic (exact) mass is 296 g/mol. The molecule has 0 amide bonds. The van der Waals surface area contributed by atoms with E-state index in [1.807, 2.05) is 6.92 Å². The van der Waals surface area contributed by atoms with Crippen LogP contribution in [0.3, 0.4) is 0 Å². The van der Waals surface area contributed by atoms with Crippen molar-refractivity contribution in [2.45, 2.75) is 25.9 Å². The van der Waals surface area contributed by atoms with Crippen molar-refractivity contribution < 1.29 is 5.11 Å². The number of hydrogen-bond donors (Lipinski definition) is 1. The summed E-state index contributed by atoms with van der Waals surface area (Å²) in [6.45, 7) is 4.02. The smallest absolute Gasteiger partial charge is 0.128 e. The molecule has 3 atom stereocenters. The van der Waals surface area contributed by atoms with Gasteiger partial charge < -0.3 is 10.0 Å². The van der Waals surface area contributed by atoms with Crippen molar-refractivity contribution in [3.8, 4) is 0 Å². The number of nitrogens with zero attached hydrogens (tertiary/aromatic N) is 2. The van der Waals surface area contributed by atoms with E-state index in [9.17, 15) is 5.11 Å². The summed E-state index contributed by atoms with van der Waals surface area (Å²) in [5.41, 5.74) is 1.03. The van der Waals surface area contributed by atoms with Crippen LogP contribution in [-0.4, -0.2) is 29.3 Å². The summed E-state index contributed by atoms with van der Waals surface area (Å²) in [7, 11) is 0. The summed E-state index contributed by atoms with van der Waals surface area (Å²) < 4.78 is 1.06. The van der Waals surface area contributed by atoms with Crippen molar-refractivity contribution in [3.63, 3.8) is 0 Å². The molecule has 17 heavy (non-hydrogen) atoms. The first kappa shape index (κ1) is 11.5. The Morgan fingerprint density at radius 2 is 2.18 bits per heavy atom. The van der Waals surface area contributed by atoms with Crippen molar-refractivity contribution in [3.05, 3.63) is 22.3 Å². The van der Waals surface area contributed by atoms with E-state index < -0.39 is 0 Å². The lowest BCUT2D eigenvalue weighted by atomic mass is 10.00. The second-order valence-corrected chi connectivity index (χ2v) is 6.06. The Kier molecular flexibility index (Phi) is 2.87. The molecule has 0 spiro atoms. The Balaban J connectivity index is 1.80. The molecule has 1 aromatic heterocycles. The number of pyridine rings is 1. The van der Waals surface area contributed by atoms with Crippen LogP contribution >= 0.6 is 15.9 Å². The van der Waals surface area contributed by atoms with Gasteiger partial charge in [0.1, 0.15) is 5.82 Å². The summed E-state index contributed by atoms with van der Waals surface area (Å²) in [6, 6.07) is 4.12. The van der Waals surface area contributed by atoms with Crippen molar-refractivity contribution in [1.82, 2.24) is 4.98 Å². The average Bonchev–Trinajstić information content (AvgIpc) is 2.86. The first-order valence-corrected chi connectivity index (χ1v) is 7.00. The van der Waals surface area contributed by atoms with Gasteiger partial charge >= 0.3 is 0 Å². The van der Waals surface area contributed by atoms with Gasteiger partial charge in [-0.1, -0.05) is 0 Å². The highest BCUT2D eigenvalue weighted by Crippen LogP contribution is 2.39. The molecule has 2 aliphatic rings. The van der Waals surface area contributed by atoms with Gasteiger partial charge in [-0.2, -0.15) is 0 Å². The van der Waals surface area contributed by atoms with Crippen molar-refractivity contribution in [2.75, 3.05) is 18.0 Å². The van der Waals surface area contributed by atoms with Crippen LogP contribution < -0.4 is 4.90 Å². The molecule has 92 valence electrons. The molecule has 1 saturated heterocycles. The average molecular weight is 297 g/mol. The fourth-order valence-corrected chi connectivity index (χ4v) is 3.35. The molecule has 1 aliphatic heterocycles. The zero-order valence-corrected chi connectivity index (χ0v) is 11.5. The van der Waals surface area contributed by atoms with Crippen LogP contribution in [0.1, 0.15) is 18.5 Å². The third-order valence-electron chi connectivity index (χ3n) is 4.15. The van der Waals surface area contributed by atoms with Crippen LogP contribution in [-0.2, 0) is 0 Å². The number of aromatic nitrogens is 1. The molecule has 1 saturated carbocycles. The molecule has 1 N–H and O–H groups in total. The number of halogens is 1. The molecule has 3 unspecified atom stereocenters. The van der Waals surface area contributed by atoms with E-state index in [1.54, 1.807) is 0 Å². The Labute approximate surface area is 110 Å². The molecule has 0 bridgehead atoms. The summed E-state index contributed by atoms with van der Waals surface area (Å²) in [5, 5.41) is 9.91. The zero-order chi connectivity index (χ0) is 12.0. The molecule has 3 nitrogen and oxygen atoms in total. The maximum absolute atomic E-state index is 9.91. The molecule has 2 heterocycles. The first-order valence-electron chi connectivity index (χ1n) is 6.21. The zero-order valence-electron chi connectivity index (χ0n) is 9.93. The van der Waals surface area contributed by atoms with E-state index in [1.165, 1.54) is 0 Å².